The van der Waals surface area contributed by atoms with Crippen LogP contribution in [0, 0.1) is 5.92 Å². The number of rotatable bonds is 3. The zero-order valence-electron chi connectivity index (χ0n) is 15.5. The fourth-order valence-electron chi connectivity index (χ4n) is 4.02. The third kappa shape index (κ3) is 2.51. The molecule has 0 spiro atoms. The van der Waals surface area contributed by atoms with E-state index in [1.54, 1.807) is 6.07 Å². The molecule has 24 heavy (non-hydrogen) atoms. The van der Waals surface area contributed by atoms with Gasteiger partial charge < -0.3 is 9.63 Å². The van der Waals surface area contributed by atoms with Crippen LogP contribution >= 0.6 is 0 Å². The average Bonchev–Trinajstić information content (AvgIpc) is 3.05. The molecule has 1 atom stereocenters. The van der Waals surface area contributed by atoms with Gasteiger partial charge in [0.1, 0.15) is 5.69 Å². The SMILES string of the molecule is CC(=Cc1cc(CO)no1)c1ccc2c(c1)C(C)(C)C(C)C2(C)C. The van der Waals surface area contributed by atoms with Gasteiger partial charge in [0.15, 0.2) is 5.76 Å². The van der Waals surface area contributed by atoms with Crippen molar-refractivity contribution >= 4 is 11.6 Å². The number of aliphatic hydroxyl groups is 1. The minimum absolute atomic E-state index is 0.101. The Morgan fingerprint density at radius 1 is 1.17 bits per heavy atom. The number of hydrogen-bond acceptors (Lipinski definition) is 3. The fraction of sp³-hybridized carbons (Fsp3) is 0.476. The van der Waals surface area contributed by atoms with Crippen molar-refractivity contribution in [3.05, 3.63) is 52.4 Å². The Bertz CT molecular complexity index is 796. The molecule has 0 saturated carbocycles. The third-order valence-electron chi connectivity index (χ3n) is 6.13. The number of hydrogen-bond donors (Lipinski definition) is 1. The van der Waals surface area contributed by atoms with Crippen molar-refractivity contribution in [3.8, 4) is 0 Å². The second kappa shape index (κ2) is 5.59. The predicted molar refractivity (Wildman–Crippen MR) is 97.6 cm³/mol. The molecule has 1 unspecified atom stereocenters. The van der Waals surface area contributed by atoms with Gasteiger partial charge in [0.05, 0.1) is 6.61 Å². The normalized spacial score (nSPS) is 21.8. The maximum atomic E-state index is 9.10. The number of benzene rings is 1. The van der Waals surface area contributed by atoms with Crippen molar-refractivity contribution in [2.24, 2.45) is 5.92 Å². The zero-order valence-corrected chi connectivity index (χ0v) is 15.5. The molecule has 0 fully saturated rings. The first-order valence-electron chi connectivity index (χ1n) is 8.58. The van der Waals surface area contributed by atoms with E-state index in [0.29, 0.717) is 17.4 Å². The van der Waals surface area contributed by atoms with Gasteiger partial charge in [0.2, 0.25) is 0 Å². The summed E-state index contributed by atoms with van der Waals surface area (Å²) in [5.74, 6) is 1.26. The lowest BCUT2D eigenvalue weighted by molar-refractivity contribution is 0.264. The van der Waals surface area contributed by atoms with Gasteiger partial charge in [0.25, 0.3) is 0 Å². The minimum atomic E-state index is -0.101. The van der Waals surface area contributed by atoms with E-state index in [1.807, 2.05) is 6.08 Å². The van der Waals surface area contributed by atoms with E-state index in [9.17, 15) is 0 Å². The minimum Gasteiger partial charge on any atom is -0.390 e. The van der Waals surface area contributed by atoms with E-state index in [-0.39, 0.29) is 17.4 Å². The van der Waals surface area contributed by atoms with Crippen LogP contribution < -0.4 is 0 Å². The molecule has 1 heterocycles. The van der Waals surface area contributed by atoms with Crippen LogP contribution in [0.4, 0.5) is 0 Å². The van der Waals surface area contributed by atoms with Gasteiger partial charge in [-0.3, -0.25) is 0 Å². The smallest absolute Gasteiger partial charge is 0.160 e. The van der Waals surface area contributed by atoms with Gasteiger partial charge in [-0.25, -0.2) is 0 Å². The van der Waals surface area contributed by atoms with Crippen molar-refractivity contribution in [1.29, 1.82) is 0 Å². The number of aromatic nitrogens is 1. The highest BCUT2D eigenvalue weighted by Crippen LogP contribution is 2.53. The Hall–Kier alpha value is -1.87. The standard InChI is InChI=1S/C21H27NO2/c1-13(9-17-11-16(12-23)22-24-17)15-7-8-18-19(10-15)21(5,6)14(2)20(18,3)4/h7-11,14,23H,12H2,1-6H3. The van der Waals surface area contributed by atoms with Crippen molar-refractivity contribution < 1.29 is 9.63 Å². The molecular formula is C21H27NO2. The number of nitrogens with zero attached hydrogens (tertiary/aromatic N) is 1. The van der Waals surface area contributed by atoms with E-state index < -0.39 is 0 Å². The molecule has 0 bridgehead atoms. The molecule has 0 radical (unpaired) electrons. The first-order valence-corrected chi connectivity index (χ1v) is 8.58. The van der Waals surface area contributed by atoms with Crippen LogP contribution in [0.25, 0.3) is 11.6 Å². The van der Waals surface area contributed by atoms with Gasteiger partial charge in [0, 0.05) is 6.07 Å². The quantitative estimate of drug-likeness (QED) is 0.870. The highest BCUT2D eigenvalue weighted by Gasteiger charge is 2.48. The summed E-state index contributed by atoms with van der Waals surface area (Å²) in [5.41, 5.74) is 6.14. The molecule has 0 aliphatic heterocycles. The number of fused-ring (bicyclic) bond motifs is 1. The maximum Gasteiger partial charge on any atom is 0.160 e. The second-order valence-corrected chi connectivity index (χ2v) is 8.13. The monoisotopic (exact) mass is 325 g/mol. The fourth-order valence-corrected chi connectivity index (χ4v) is 4.02. The van der Waals surface area contributed by atoms with Gasteiger partial charge >= 0.3 is 0 Å². The lowest BCUT2D eigenvalue weighted by Crippen LogP contribution is -2.30. The first kappa shape index (κ1) is 17.0. The molecule has 3 nitrogen and oxygen atoms in total. The number of allylic oxidation sites excluding steroid dienone is 1. The van der Waals surface area contributed by atoms with Crippen molar-refractivity contribution in [2.45, 2.75) is 59.0 Å². The molecule has 3 heteroatoms. The largest absolute Gasteiger partial charge is 0.390 e. The summed E-state index contributed by atoms with van der Waals surface area (Å²) in [6.07, 6.45) is 1.98. The van der Waals surface area contributed by atoms with E-state index in [0.717, 1.165) is 5.57 Å². The highest BCUT2D eigenvalue weighted by molar-refractivity contribution is 5.79. The van der Waals surface area contributed by atoms with Gasteiger partial charge in [-0.1, -0.05) is 58.0 Å². The van der Waals surface area contributed by atoms with E-state index in [4.69, 9.17) is 9.63 Å². The Kier molecular flexibility index (Phi) is 3.95. The molecule has 2 aromatic rings. The highest BCUT2D eigenvalue weighted by atomic mass is 16.5. The van der Waals surface area contributed by atoms with E-state index in [2.05, 4.69) is 64.9 Å². The van der Waals surface area contributed by atoms with Crippen LogP contribution in [0.15, 0.2) is 28.8 Å². The molecular weight excluding hydrogens is 298 g/mol. The van der Waals surface area contributed by atoms with Crippen LogP contribution in [0.1, 0.15) is 69.7 Å². The van der Waals surface area contributed by atoms with Gasteiger partial charge in [-0.2, -0.15) is 0 Å². The molecule has 0 amide bonds. The average molecular weight is 325 g/mol. The van der Waals surface area contributed by atoms with Crippen molar-refractivity contribution in [3.63, 3.8) is 0 Å². The van der Waals surface area contributed by atoms with E-state index in [1.165, 1.54) is 16.7 Å². The lowest BCUT2D eigenvalue weighted by Gasteiger charge is -2.32. The van der Waals surface area contributed by atoms with E-state index >= 15 is 0 Å². The Morgan fingerprint density at radius 2 is 1.83 bits per heavy atom. The Labute approximate surface area is 144 Å². The predicted octanol–water partition coefficient (Wildman–Crippen LogP) is 4.93. The zero-order chi connectivity index (χ0) is 17.7. The Balaban J connectivity index is 2.02. The lowest BCUT2D eigenvalue weighted by atomic mass is 9.71. The molecule has 1 aromatic carbocycles. The first-order chi connectivity index (χ1) is 11.2. The van der Waals surface area contributed by atoms with Crippen LogP contribution in [0.2, 0.25) is 0 Å². The summed E-state index contributed by atoms with van der Waals surface area (Å²) in [6.45, 7) is 13.7. The molecule has 0 saturated heterocycles. The van der Waals surface area contributed by atoms with Gasteiger partial charge in [-0.15, -0.1) is 0 Å². The van der Waals surface area contributed by atoms with Crippen LogP contribution in [0.5, 0.6) is 0 Å². The Morgan fingerprint density at radius 3 is 2.46 bits per heavy atom. The summed E-state index contributed by atoms with van der Waals surface area (Å²) in [4.78, 5) is 0. The molecule has 1 aliphatic carbocycles. The topological polar surface area (TPSA) is 46.3 Å². The maximum absolute atomic E-state index is 9.10. The summed E-state index contributed by atoms with van der Waals surface area (Å²) in [7, 11) is 0. The van der Waals surface area contributed by atoms with Crippen LogP contribution in [-0.4, -0.2) is 10.3 Å². The summed E-state index contributed by atoms with van der Waals surface area (Å²) in [5, 5.41) is 12.9. The van der Waals surface area contributed by atoms with Crippen molar-refractivity contribution in [1.82, 2.24) is 5.16 Å². The summed E-state index contributed by atoms with van der Waals surface area (Å²) < 4.78 is 5.25. The van der Waals surface area contributed by atoms with Crippen molar-refractivity contribution in [2.75, 3.05) is 0 Å². The number of aliphatic hydroxyl groups excluding tert-OH is 1. The molecule has 1 aromatic heterocycles. The molecule has 1 aliphatic rings. The third-order valence-corrected chi connectivity index (χ3v) is 6.13. The summed E-state index contributed by atoms with van der Waals surface area (Å²) in [6, 6.07) is 8.58. The summed E-state index contributed by atoms with van der Waals surface area (Å²) >= 11 is 0. The second-order valence-electron chi connectivity index (χ2n) is 8.13. The van der Waals surface area contributed by atoms with Crippen LogP contribution in [0.3, 0.4) is 0 Å². The molecule has 1 N–H and O–H groups in total. The molecule has 128 valence electrons. The van der Waals surface area contributed by atoms with Crippen LogP contribution in [-0.2, 0) is 17.4 Å². The molecule has 3 rings (SSSR count). The van der Waals surface area contributed by atoms with Gasteiger partial charge in [-0.05, 0) is 52.0 Å².